The molecule has 1 amide bonds. The van der Waals surface area contributed by atoms with Gasteiger partial charge in [-0.2, -0.15) is 0 Å². The summed E-state index contributed by atoms with van der Waals surface area (Å²) in [7, 11) is 0. The highest BCUT2D eigenvalue weighted by molar-refractivity contribution is 5.76. The number of carbonyl (C=O) groups excluding carboxylic acids is 1. The van der Waals surface area contributed by atoms with Crippen molar-refractivity contribution in [3.8, 4) is 0 Å². The second-order valence-corrected chi connectivity index (χ2v) is 4.36. The summed E-state index contributed by atoms with van der Waals surface area (Å²) in [5.74, 6) is -0.132. The Morgan fingerprint density at radius 3 is 2.71 bits per heavy atom. The van der Waals surface area contributed by atoms with Crippen LogP contribution in [0.25, 0.3) is 0 Å². The molecule has 1 aromatic carbocycles. The van der Waals surface area contributed by atoms with Crippen molar-refractivity contribution in [1.29, 1.82) is 0 Å². The van der Waals surface area contributed by atoms with E-state index in [9.17, 15) is 9.90 Å². The average Bonchev–Trinajstić information content (AvgIpc) is 2.25. The van der Waals surface area contributed by atoms with Gasteiger partial charge in [-0.25, -0.2) is 0 Å². The highest BCUT2D eigenvalue weighted by Crippen LogP contribution is 2.16. The molecule has 0 saturated heterocycles. The van der Waals surface area contributed by atoms with Crippen LogP contribution in [0.3, 0.4) is 0 Å². The zero-order valence-corrected chi connectivity index (χ0v) is 10.3. The molecule has 1 aromatic rings. The molecule has 2 unspecified atom stereocenters. The summed E-state index contributed by atoms with van der Waals surface area (Å²) in [6, 6.07) is 7.42. The van der Waals surface area contributed by atoms with Crippen molar-refractivity contribution in [1.82, 2.24) is 5.32 Å². The number of aliphatic hydroxyl groups is 1. The summed E-state index contributed by atoms with van der Waals surface area (Å²) in [6.45, 7) is 3.93. The van der Waals surface area contributed by atoms with E-state index in [1.54, 1.807) is 6.92 Å². The molecular formula is C13H20N2O2. The summed E-state index contributed by atoms with van der Waals surface area (Å²) in [4.78, 5) is 11.4. The third-order valence-electron chi connectivity index (χ3n) is 2.55. The first kappa shape index (κ1) is 13.7. The number of aryl methyl sites for hydroxylation is 1. The zero-order valence-electron chi connectivity index (χ0n) is 10.3. The molecule has 0 radical (unpaired) electrons. The number of nitrogens with two attached hydrogens (primary N) is 1. The molecule has 0 saturated carbocycles. The smallest absolute Gasteiger partial charge is 0.221 e. The largest absolute Gasteiger partial charge is 0.387 e. The van der Waals surface area contributed by atoms with Gasteiger partial charge >= 0.3 is 0 Å². The maximum Gasteiger partial charge on any atom is 0.221 e. The number of benzene rings is 1. The Kier molecular flexibility index (Phi) is 5.12. The van der Waals surface area contributed by atoms with E-state index in [1.165, 1.54) is 0 Å². The van der Waals surface area contributed by atoms with Gasteiger partial charge in [0, 0.05) is 19.0 Å². The van der Waals surface area contributed by atoms with Crippen LogP contribution < -0.4 is 11.1 Å². The lowest BCUT2D eigenvalue weighted by atomic mass is 10.0. The SMILES string of the molecule is Cc1ccccc1C(O)CNC(=O)CC(C)N. The monoisotopic (exact) mass is 236 g/mol. The number of rotatable bonds is 5. The van der Waals surface area contributed by atoms with E-state index in [0.29, 0.717) is 0 Å². The fraction of sp³-hybridized carbons (Fsp3) is 0.462. The Bertz CT molecular complexity index is 377. The van der Waals surface area contributed by atoms with Crippen LogP contribution in [0, 0.1) is 6.92 Å². The fourth-order valence-electron chi connectivity index (χ4n) is 1.65. The molecule has 4 heteroatoms. The molecule has 0 aliphatic rings. The molecule has 0 fully saturated rings. The summed E-state index contributed by atoms with van der Waals surface area (Å²) >= 11 is 0. The van der Waals surface area contributed by atoms with Crippen molar-refractivity contribution in [2.45, 2.75) is 32.4 Å². The Morgan fingerprint density at radius 2 is 2.12 bits per heavy atom. The molecule has 0 spiro atoms. The molecular weight excluding hydrogens is 216 g/mol. The van der Waals surface area contributed by atoms with Crippen molar-refractivity contribution >= 4 is 5.91 Å². The third kappa shape index (κ3) is 4.54. The zero-order chi connectivity index (χ0) is 12.8. The van der Waals surface area contributed by atoms with Crippen LogP contribution in [-0.4, -0.2) is 23.6 Å². The summed E-state index contributed by atoms with van der Waals surface area (Å²) in [5, 5.41) is 12.6. The van der Waals surface area contributed by atoms with E-state index in [4.69, 9.17) is 5.73 Å². The molecule has 0 aliphatic heterocycles. The average molecular weight is 236 g/mol. The van der Waals surface area contributed by atoms with Crippen LogP contribution in [0.5, 0.6) is 0 Å². The summed E-state index contributed by atoms with van der Waals surface area (Å²) in [6.07, 6.45) is -0.395. The quantitative estimate of drug-likeness (QED) is 0.710. The number of nitrogens with one attached hydrogen (secondary N) is 1. The lowest BCUT2D eigenvalue weighted by Gasteiger charge is -2.15. The molecule has 0 aromatic heterocycles. The van der Waals surface area contributed by atoms with Gasteiger partial charge in [0.25, 0.3) is 0 Å². The van der Waals surface area contributed by atoms with E-state index in [2.05, 4.69) is 5.32 Å². The van der Waals surface area contributed by atoms with Crippen molar-refractivity contribution in [2.24, 2.45) is 5.73 Å². The second kappa shape index (κ2) is 6.37. The van der Waals surface area contributed by atoms with Crippen LogP contribution in [0.2, 0.25) is 0 Å². The fourth-order valence-corrected chi connectivity index (χ4v) is 1.65. The van der Waals surface area contributed by atoms with Crippen molar-refractivity contribution in [3.63, 3.8) is 0 Å². The molecule has 2 atom stereocenters. The first-order chi connectivity index (χ1) is 8.00. The maximum absolute atomic E-state index is 11.4. The Morgan fingerprint density at radius 1 is 1.47 bits per heavy atom. The number of hydrogen-bond donors (Lipinski definition) is 3. The van der Waals surface area contributed by atoms with Gasteiger partial charge in [0.15, 0.2) is 0 Å². The van der Waals surface area contributed by atoms with Gasteiger partial charge in [-0.05, 0) is 25.0 Å². The van der Waals surface area contributed by atoms with Gasteiger partial charge in [0.05, 0.1) is 6.10 Å². The minimum Gasteiger partial charge on any atom is -0.387 e. The van der Waals surface area contributed by atoms with E-state index in [0.717, 1.165) is 11.1 Å². The summed E-state index contributed by atoms with van der Waals surface area (Å²) < 4.78 is 0. The minimum atomic E-state index is -0.673. The van der Waals surface area contributed by atoms with Gasteiger partial charge in [0.2, 0.25) is 5.91 Å². The molecule has 0 aliphatic carbocycles. The Hall–Kier alpha value is -1.39. The molecule has 1 rings (SSSR count). The predicted octanol–water partition coefficient (Wildman–Crippen LogP) is 0.882. The van der Waals surface area contributed by atoms with Gasteiger partial charge in [0.1, 0.15) is 0 Å². The van der Waals surface area contributed by atoms with Gasteiger partial charge < -0.3 is 16.2 Å². The maximum atomic E-state index is 11.4. The second-order valence-electron chi connectivity index (χ2n) is 4.36. The van der Waals surface area contributed by atoms with Crippen molar-refractivity contribution in [3.05, 3.63) is 35.4 Å². The summed E-state index contributed by atoms with van der Waals surface area (Å²) in [5.41, 5.74) is 7.37. The third-order valence-corrected chi connectivity index (χ3v) is 2.55. The molecule has 4 nitrogen and oxygen atoms in total. The van der Waals surface area contributed by atoms with Crippen LogP contribution in [0.1, 0.15) is 30.6 Å². The minimum absolute atomic E-state index is 0.132. The number of amides is 1. The van der Waals surface area contributed by atoms with Crippen LogP contribution in [0.15, 0.2) is 24.3 Å². The molecule has 0 bridgehead atoms. The highest BCUT2D eigenvalue weighted by atomic mass is 16.3. The van der Waals surface area contributed by atoms with E-state index < -0.39 is 6.10 Å². The number of hydrogen-bond acceptors (Lipinski definition) is 3. The lowest BCUT2D eigenvalue weighted by molar-refractivity contribution is -0.121. The van der Waals surface area contributed by atoms with Crippen LogP contribution >= 0.6 is 0 Å². The van der Waals surface area contributed by atoms with E-state index in [1.807, 2.05) is 31.2 Å². The molecule has 0 heterocycles. The van der Waals surface area contributed by atoms with Crippen LogP contribution in [0.4, 0.5) is 0 Å². The molecule has 4 N–H and O–H groups in total. The lowest BCUT2D eigenvalue weighted by Crippen LogP contribution is -2.32. The van der Waals surface area contributed by atoms with Crippen LogP contribution in [-0.2, 0) is 4.79 Å². The Labute approximate surface area is 102 Å². The van der Waals surface area contributed by atoms with E-state index in [-0.39, 0.29) is 24.9 Å². The van der Waals surface area contributed by atoms with E-state index >= 15 is 0 Å². The first-order valence-corrected chi connectivity index (χ1v) is 5.76. The number of carbonyl (C=O) groups is 1. The van der Waals surface area contributed by atoms with Gasteiger partial charge in [-0.15, -0.1) is 0 Å². The highest BCUT2D eigenvalue weighted by Gasteiger charge is 2.11. The first-order valence-electron chi connectivity index (χ1n) is 5.76. The Balaban J connectivity index is 2.48. The van der Waals surface area contributed by atoms with Crippen molar-refractivity contribution < 1.29 is 9.90 Å². The standard InChI is InChI=1S/C13H20N2O2/c1-9-5-3-4-6-11(9)12(16)8-15-13(17)7-10(2)14/h3-6,10,12,16H,7-8,14H2,1-2H3,(H,15,17). The predicted molar refractivity (Wildman–Crippen MR) is 67.4 cm³/mol. The van der Waals surface area contributed by atoms with Gasteiger partial charge in [-0.1, -0.05) is 24.3 Å². The van der Waals surface area contributed by atoms with Gasteiger partial charge in [-0.3, -0.25) is 4.79 Å². The van der Waals surface area contributed by atoms with Crippen molar-refractivity contribution in [2.75, 3.05) is 6.54 Å². The molecule has 94 valence electrons. The molecule has 17 heavy (non-hydrogen) atoms. The normalized spacial score (nSPS) is 14.1. The topological polar surface area (TPSA) is 75.3 Å². The number of aliphatic hydroxyl groups excluding tert-OH is 1.